The maximum atomic E-state index is 5.62. The van der Waals surface area contributed by atoms with E-state index in [1.54, 1.807) is 11.3 Å². The molecule has 0 atom stereocenters. The fraction of sp³-hybridized carbons (Fsp3) is 0.583. The Morgan fingerprint density at radius 3 is 2.44 bits per heavy atom. The zero-order valence-electron chi connectivity index (χ0n) is 10.1. The molecule has 3 nitrogen and oxygen atoms in total. The highest BCUT2D eigenvalue weighted by molar-refractivity contribution is 9.13. The second-order valence-electron chi connectivity index (χ2n) is 4.50. The van der Waals surface area contributed by atoms with Crippen molar-refractivity contribution in [3.8, 4) is 0 Å². The van der Waals surface area contributed by atoms with Crippen LogP contribution in [-0.2, 0) is 0 Å². The van der Waals surface area contributed by atoms with Crippen LogP contribution in [0.15, 0.2) is 19.3 Å². The van der Waals surface area contributed by atoms with Crippen molar-refractivity contribution in [1.29, 1.82) is 0 Å². The van der Waals surface area contributed by atoms with Crippen LogP contribution in [0.1, 0.15) is 43.4 Å². The molecule has 0 saturated heterocycles. The van der Waals surface area contributed by atoms with Gasteiger partial charge in [0.15, 0.2) is 5.84 Å². The van der Waals surface area contributed by atoms with Crippen LogP contribution in [0.2, 0.25) is 0 Å². The minimum absolute atomic E-state index is 0.415. The normalized spacial score (nSPS) is 18.7. The van der Waals surface area contributed by atoms with Crippen molar-refractivity contribution >= 4 is 49.0 Å². The molecule has 1 heterocycles. The highest BCUT2D eigenvalue weighted by atomic mass is 79.9. The first-order valence-corrected chi connectivity index (χ1v) is 8.60. The third-order valence-corrected chi connectivity index (χ3v) is 6.41. The topological polar surface area (TPSA) is 50.4 Å². The molecule has 1 aromatic heterocycles. The lowest BCUT2D eigenvalue weighted by atomic mass is 10.1. The summed E-state index contributed by atoms with van der Waals surface area (Å²) in [5.41, 5.74) is 2.75. The van der Waals surface area contributed by atoms with E-state index in [0.717, 1.165) is 19.0 Å². The van der Waals surface area contributed by atoms with Crippen LogP contribution in [0.25, 0.3) is 0 Å². The molecular formula is C12H17Br2N3S. The molecule has 1 aliphatic carbocycles. The number of hydrogen-bond acceptors (Lipinski definition) is 3. The summed E-state index contributed by atoms with van der Waals surface area (Å²) in [5.74, 6) is 6.42. The van der Waals surface area contributed by atoms with Gasteiger partial charge in [0.1, 0.15) is 0 Å². The number of nitrogens with zero attached hydrogens (tertiary/aromatic N) is 1. The predicted octanol–water partition coefficient (Wildman–Crippen LogP) is 4.21. The van der Waals surface area contributed by atoms with E-state index < -0.39 is 0 Å². The molecule has 1 saturated carbocycles. The zero-order valence-corrected chi connectivity index (χ0v) is 14.1. The fourth-order valence-electron chi connectivity index (χ4n) is 2.20. The van der Waals surface area contributed by atoms with Gasteiger partial charge in [-0.1, -0.05) is 25.7 Å². The van der Waals surface area contributed by atoms with Crippen molar-refractivity contribution in [3.05, 3.63) is 19.2 Å². The predicted molar refractivity (Wildman–Crippen MR) is 85.1 cm³/mol. The van der Waals surface area contributed by atoms with E-state index in [2.05, 4.69) is 37.3 Å². The largest absolute Gasteiger partial charge is 0.308 e. The molecule has 0 aromatic carbocycles. The lowest BCUT2D eigenvalue weighted by Gasteiger charge is -2.11. The monoisotopic (exact) mass is 393 g/mol. The Bertz CT molecular complexity index is 403. The number of nitrogens with two attached hydrogens (primary N) is 1. The van der Waals surface area contributed by atoms with Crippen LogP contribution in [0.3, 0.4) is 0 Å². The van der Waals surface area contributed by atoms with Gasteiger partial charge in [0, 0.05) is 4.47 Å². The molecule has 0 aliphatic heterocycles. The van der Waals surface area contributed by atoms with Gasteiger partial charge in [-0.3, -0.25) is 4.99 Å². The Labute approximate surface area is 128 Å². The molecule has 0 amide bonds. The van der Waals surface area contributed by atoms with Crippen LogP contribution < -0.4 is 11.3 Å². The number of aliphatic imine (C=N–C) groups is 1. The number of amidine groups is 1. The summed E-state index contributed by atoms with van der Waals surface area (Å²) < 4.78 is 2.12. The highest BCUT2D eigenvalue weighted by Gasteiger charge is 2.14. The molecule has 0 spiro atoms. The Hall–Kier alpha value is 0.0900. The van der Waals surface area contributed by atoms with Gasteiger partial charge in [-0.15, -0.1) is 11.3 Å². The van der Waals surface area contributed by atoms with Gasteiger partial charge in [0.2, 0.25) is 0 Å². The summed E-state index contributed by atoms with van der Waals surface area (Å²) in [6.45, 7) is 0. The van der Waals surface area contributed by atoms with Crippen LogP contribution in [0.4, 0.5) is 0 Å². The Morgan fingerprint density at radius 2 is 1.94 bits per heavy atom. The van der Waals surface area contributed by atoms with Crippen molar-refractivity contribution < 1.29 is 0 Å². The molecule has 0 radical (unpaired) electrons. The number of halogens is 2. The zero-order chi connectivity index (χ0) is 13.0. The molecular weight excluding hydrogens is 378 g/mol. The standard InChI is InChI=1S/C12H17Br2N3S/c13-9-7-10(18-11(9)14)12(17-15)16-8-5-3-1-2-4-6-8/h7-8H,1-6,15H2,(H,16,17). The molecule has 1 aliphatic rings. The van der Waals surface area contributed by atoms with E-state index in [9.17, 15) is 0 Å². The molecule has 0 unspecified atom stereocenters. The first-order valence-electron chi connectivity index (χ1n) is 6.20. The van der Waals surface area contributed by atoms with Crippen LogP contribution in [-0.4, -0.2) is 11.9 Å². The van der Waals surface area contributed by atoms with E-state index in [0.29, 0.717) is 6.04 Å². The minimum atomic E-state index is 0.415. The second kappa shape index (κ2) is 7.03. The minimum Gasteiger partial charge on any atom is -0.308 e. The maximum absolute atomic E-state index is 5.62. The quantitative estimate of drug-likeness (QED) is 0.259. The summed E-state index contributed by atoms with van der Waals surface area (Å²) in [4.78, 5) is 5.86. The number of thiophene rings is 1. The molecule has 1 aromatic rings. The molecule has 1 fully saturated rings. The molecule has 100 valence electrons. The van der Waals surface area contributed by atoms with E-state index in [1.807, 2.05) is 6.07 Å². The van der Waals surface area contributed by atoms with Gasteiger partial charge in [-0.25, -0.2) is 5.84 Å². The van der Waals surface area contributed by atoms with Crippen molar-refractivity contribution in [1.82, 2.24) is 5.43 Å². The summed E-state index contributed by atoms with van der Waals surface area (Å²) in [6.07, 6.45) is 7.60. The molecule has 6 heteroatoms. The van der Waals surface area contributed by atoms with E-state index in [1.165, 1.54) is 38.5 Å². The van der Waals surface area contributed by atoms with E-state index in [-0.39, 0.29) is 0 Å². The summed E-state index contributed by atoms with van der Waals surface area (Å²) >= 11 is 8.63. The maximum Gasteiger partial charge on any atom is 0.153 e. The van der Waals surface area contributed by atoms with Crippen molar-refractivity contribution in [2.24, 2.45) is 10.8 Å². The van der Waals surface area contributed by atoms with Crippen LogP contribution in [0.5, 0.6) is 0 Å². The smallest absolute Gasteiger partial charge is 0.153 e. The summed E-state index contributed by atoms with van der Waals surface area (Å²) in [7, 11) is 0. The number of hydrogen-bond donors (Lipinski definition) is 2. The Morgan fingerprint density at radius 1 is 1.28 bits per heavy atom. The van der Waals surface area contributed by atoms with Crippen molar-refractivity contribution in [2.45, 2.75) is 44.6 Å². The molecule has 3 N–H and O–H groups in total. The lowest BCUT2D eigenvalue weighted by Crippen LogP contribution is -2.31. The number of hydrazine groups is 1. The number of nitrogens with one attached hydrogen (secondary N) is 1. The summed E-state index contributed by atoms with van der Waals surface area (Å²) in [5, 5.41) is 0. The average Bonchev–Trinajstić information content (AvgIpc) is 2.59. The van der Waals surface area contributed by atoms with Crippen LogP contribution in [0, 0.1) is 0 Å². The average molecular weight is 395 g/mol. The van der Waals surface area contributed by atoms with Crippen molar-refractivity contribution in [3.63, 3.8) is 0 Å². The molecule has 2 rings (SSSR count). The second-order valence-corrected chi connectivity index (χ2v) is 7.72. The van der Waals surface area contributed by atoms with E-state index >= 15 is 0 Å². The lowest BCUT2D eigenvalue weighted by molar-refractivity contribution is 0.583. The Balaban J connectivity index is 2.15. The summed E-state index contributed by atoms with van der Waals surface area (Å²) in [6, 6.07) is 2.46. The van der Waals surface area contributed by atoms with Gasteiger partial charge in [-0.05, 0) is 50.8 Å². The van der Waals surface area contributed by atoms with Gasteiger partial charge in [-0.2, -0.15) is 0 Å². The van der Waals surface area contributed by atoms with Crippen molar-refractivity contribution in [2.75, 3.05) is 0 Å². The van der Waals surface area contributed by atoms with Crippen LogP contribution >= 0.6 is 43.2 Å². The third kappa shape index (κ3) is 3.79. The van der Waals surface area contributed by atoms with E-state index in [4.69, 9.17) is 10.8 Å². The third-order valence-electron chi connectivity index (χ3n) is 3.15. The molecule has 0 bridgehead atoms. The fourth-order valence-corrected chi connectivity index (χ4v) is 4.20. The Kier molecular flexibility index (Phi) is 5.66. The van der Waals surface area contributed by atoms with Gasteiger partial charge >= 0.3 is 0 Å². The van der Waals surface area contributed by atoms with Gasteiger partial charge in [0.25, 0.3) is 0 Å². The van der Waals surface area contributed by atoms with Gasteiger partial charge in [0.05, 0.1) is 14.7 Å². The highest BCUT2D eigenvalue weighted by Crippen LogP contribution is 2.32. The first kappa shape index (κ1) is 14.5. The SMILES string of the molecule is NNC(=NC1CCCCCC1)c1cc(Br)c(Br)s1. The number of rotatable bonds is 2. The molecule has 18 heavy (non-hydrogen) atoms. The first-order chi connectivity index (χ1) is 8.70. The van der Waals surface area contributed by atoms with Gasteiger partial charge < -0.3 is 5.43 Å².